The van der Waals surface area contributed by atoms with Crippen LogP contribution in [0.15, 0.2) is 42.0 Å². The summed E-state index contributed by atoms with van der Waals surface area (Å²) in [5.74, 6) is -1.60. The molecule has 4 aliphatic rings. The van der Waals surface area contributed by atoms with Crippen molar-refractivity contribution in [1.82, 2.24) is 10.6 Å². The number of hydrogen-bond donors (Lipinski definition) is 4. The lowest BCUT2D eigenvalue weighted by Crippen LogP contribution is -2.58. The van der Waals surface area contributed by atoms with Crippen LogP contribution in [0.4, 0.5) is 0 Å². The first-order valence-corrected chi connectivity index (χ1v) is 19.2. The SMILES string of the molecule is C[C@]12CCC(=O)C=C1CC[C@@H]1[C@@H]2CC[C@@]2(C)[C@H]1CC[C@]2(O)C(=O)COC(=O)CCC(=O)NCCCCCC(=O)NC[C@H](CC(=O)O)c1ccccc1. The van der Waals surface area contributed by atoms with Crippen molar-refractivity contribution in [2.24, 2.45) is 28.6 Å². The number of benzene rings is 1. The number of nitrogens with one attached hydrogen (secondary N) is 2. The molecule has 4 N–H and O–H groups in total. The van der Waals surface area contributed by atoms with Crippen LogP contribution in [0.1, 0.15) is 122 Å². The number of carbonyl (C=O) groups is 6. The van der Waals surface area contributed by atoms with Gasteiger partial charge in [0, 0.05) is 43.7 Å². The molecule has 0 unspecified atom stereocenters. The van der Waals surface area contributed by atoms with E-state index in [1.807, 2.05) is 43.3 Å². The number of rotatable bonds is 17. The number of aliphatic hydroxyl groups is 1. The molecule has 284 valence electrons. The Bertz CT molecular complexity index is 1540. The highest BCUT2D eigenvalue weighted by molar-refractivity contribution is 5.92. The number of ketones is 2. The van der Waals surface area contributed by atoms with Crippen molar-refractivity contribution in [3.63, 3.8) is 0 Å². The Kier molecular flexibility index (Phi) is 12.8. The molecule has 1 aromatic rings. The molecule has 11 nitrogen and oxygen atoms in total. The van der Waals surface area contributed by atoms with E-state index in [1.165, 1.54) is 5.57 Å². The zero-order valence-corrected chi connectivity index (χ0v) is 30.8. The number of hydrogen-bond acceptors (Lipinski definition) is 8. The second-order valence-corrected chi connectivity index (χ2v) is 16.1. The van der Waals surface area contributed by atoms with Crippen molar-refractivity contribution in [2.45, 2.75) is 122 Å². The van der Waals surface area contributed by atoms with Gasteiger partial charge in [0.2, 0.25) is 17.6 Å². The zero-order valence-electron chi connectivity index (χ0n) is 30.8. The monoisotopic (exact) mass is 720 g/mol. The molecule has 5 rings (SSSR count). The summed E-state index contributed by atoms with van der Waals surface area (Å²) in [6.07, 6.45) is 9.83. The van der Waals surface area contributed by atoms with E-state index in [2.05, 4.69) is 17.6 Å². The average molecular weight is 721 g/mol. The molecule has 0 radical (unpaired) electrons. The number of allylic oxidation sites excluding steroid dienone is 1. The summed E-state index contributed by atoms with van der Waals surface area (Å²) < 4.78 is 5.28. The lowest BCUT2D eigenvalue weighted by molar-refractivity contribution is -0.170. The minimum Gasteiger partial charge on any atom is -0.481 e. The van der Waals surface area contributed by atoms with Crippen molar-refractivity contribution in [3.8, 4) is 0 Å². The Hall–Kier alpha value is -3.86. The van der Waals surface area contributed by atoms with Crippen LogP contribution in [0.25, 0.3) is 0 Å². The Morgan fingerprint density at radius 3 is 2.35 bits per heavy atom. The summed E-state index contributed by atoms with van der Waals surface area (Å²) in [5, 5.41) is 26.7. The van der Waals surface area contributed by atoms with Gasteiger partial charge in [0.05, 0.1) is 12.8 Å². The fraction of sp³-hybridized carbons (Fsp3) is 0.659. The fourth-order valence-electron chi connectivity index (χ4n) is 10.1. The first-order chi connectivity index (χ1) is 24.8. The third-order valence-corrected chi connectivity index (χ3v) is 13.1. The van der Waals surface area contributed by atoms with E-state index in [-0.39, 0.29) is 60.7 Å². The number of carboxylic acids is 1. The van der Waals surface area contributed by atoms with E-state index < -0.39 is 35.3 Å². The lowest BCUT2D eigenvalue weighted by Gasteiger charge is -2.58. The predicted octanol–water partition coefficient (Wildman–Crippen LogP) is 5.19. The number of carbonyl (C=O) groups excluding carboxylic acids is 5. The molecule has 0 spiro atoms. The van der Waals surface area contributed by atoms with Gasteiger partial charge in [-0.15, -0.1) is 0 Å². The highest BCUT2D eigenvalue weighted by atomic mass is 16.5. The van der Waals surface area contributed by atoms with Crippen LogP contribution < -0.4 is 10.6 Å². The van der Waals surface area contributed by atoms with Crippen molar-refractivity contribution < 1.29 is 43.7 Å². The van der Waals surface area contributed by atoms with Gasteiger partial charge in [-0.05, 0) is 92.6 Å². The summed E-state index contributed by atoms with van der Waals surface area (Å²) in [4.78, 5) is 74.0. The molecule has 0 aromatic heterocycles. The smallest absolute Gasteiger partial charge is 0.306 e. The predicted molar refractivity (Wildman–Crippen MR) is 193 cm³/mol. The Labute approximate surface area is 306 Å². The topological polar surface area (TPSA) is 176 Å². The van der Waals surface area contributed by atoms with Crippen LogP contribution in [-0.4, -0.2) is 70.8 Å². The van der Waals surface area contributed by atoms with Crippen LogP contribution in [0.2, 0.25) is 0 Å². The summed E-state index contributed by atoms with van der Waals surface area (Å²) in [6.45, 7) is 4.46. The van der Waals surface area contributed by atoms with Gasteiger partial charge in [0.25, 0.3) is 0 Å². The van der Waals surface area contributed by atoms with E-state index >= 15 is 0 Å². The number of fused-ring (bicyclic) bond motifs is 5. The molecule has 1 aromatic carbocycles. The number of carboxylic acid groups (broad SMARTS) is 1. The molecular weight excluding hydrogens is 664 g/mol. The molecule has 3 saturated carbocycles. The van der Waals surface area contributed by atoms with Crippen LogP contribution in [0, 0.1) is 28.6 Å². The Balaban J connectivity index is 0.959. The summed E-state index contributed by atoms with van der Waals surface area (Å²) in [5.41, 5.74) is -0.0198. The number of Topliss-reactive ketones (excluding diaryl/α,β-unsaturated/α-hetero) is 1. The third-order valence-electron chi connectivity index (χ3n) is 13.1. The second-order valence-electron chi connectivity index (χ2n) is 16.1. The molecule has 52 heavy (non-hydrogen) atoms. The lowest BCUT2D eigenvalue weighted by atomic mass is 9.46. The van der Waals surface area contributed by atoms with E-state index in [0.29, 0.717) is 63.3 Å². The van der Waals surface area contributed by atoms with E-state index in [9.17, 15) is 39.0 Å². The Morgan fingerprint density at radius 2 is 1.60 bits per heavy atom. The van der Waals surface area contributed by atoms with Crippen LogP contribution in [-0.2, 0) is 33.5 Å². The van der Waals surface area contributed by atoms with E-state index in [4.69, 9.17) is 4.74 Å². The van der Waals surface area contributed by atoms with Crippen molar-refractivity contribution >= 4 is 35.3 Å². The first kappa shape index (κ1) is 39.3. The molecule has 0 bridgehead atoms. The molecule has 0 heterocycles. The molecule has 0 saturated heterocycles. The summed E-state index contributed by atoms with van der Waals surface area (Å²) in [7, 11) is 0. The number of ether oxygens (including phenoxy) is 1. The van der Waals surface area contributed by atoms with Crippen molar-refractivity contribution in [3.05, 3.63) is 47.5 Å². The molecule has 4 aliphatic carbocycles. The van der Waals surface area contributed by atoms with Gasteiger partial charge in [-0.3, -0.25) is 28.8 Å². The van der Waals surface area contributed by atoms with Gasteiger partial charge in [-0.1, -0.05) is 56.2 Å². The minimum absolute atomic E-state index is 0.00315. The minimum atomic E-state index is -1.56. The van der Waals surface area contributed by atoms with Gasteiger partial charge in [-0.2, -0.15) is 0 Å². The normalized spacial score (nSPS) is 29.8. The number of amides is 2. The third kappa shape index (κ3) is 8.67. The van der Waals surface area contributed by atoms with E-state index in [1.54, 1.807) is 0 Å². The molecule has 11 heteroatoms. The molecule has 2 amide bonds. The number of esters is 1. The maximum absolute atomic E-state index is 13.5. The van der Waals surface area contributed by atoms with Gasteiger partial charge < -0.3 is 25.6 Å². The maximum Gasteiger partial charge on any atom is 0.306 e. The second kappa shape index (κ2) is 16.9. The van der Waals surface area contributed by atoms with E-state index in [0.717, 1.165) is 37.7 Å². The quantitative estimate of drug-likeness (QED) is 0.125. The number of aliphatic carboxylic acids is 1. The highest BCUT2D eigenvalue weighted by Crippen LogP contribution is 2.67. The fourth-order valence-corrected chi connectivity index (χ4v) is 10.1. The molecule has 7 atom stereocenters. The highest BCUT2D eigenvalue weighted by Gasteiger charge is 2.66. The molecule has 3 fully saturated rings. The largest absolute Gasteiger partial charge is 0.481 e. The summed E-state index contributed by atoms with van der Waals surface area (Å²) >= 11 is 0. The van der Waals surface area contributed by atoms with Crippen molar-refractivity contribution in [1.29, 1.82) is 0 Å². The van der Waals surface area contributed by atoms with Crippen molar-refractivity contribution in [2.75, 3.05) is 19.7 Å². The van der Waals surface area contributed by atoms with Gasteiger partial charge in [-0.25, -0.2) is 0 Å². The standard InChI is InChI=1S/C41H56N2O9/c1-39-19-16-30(44)24-29(39)12-13-31-32(39)17-20-40(2)33(31)18-21-41(40,51)34(45)26-52-38(50)15-14-36(47)42-22-8-4-7-11-35(46)43-25-28(23-37(48)49)27-9-5-3-6-10-27/h3,5-6,9-10,24,28,31-33,51H,4,7-8,11-23,25-26H2,1-2H3,(H,42,47)(H,43,46)(H,48,49)/t28-,31+,32-,33-,39-,40-,41-/m0/s1. The van der Waals surface area contributed by atoms with Gasteiger partial charge in [0.1, 0.15) is 5.60 Å². The average Bonchev–Trinajstić information content (AvgIpc) is 3.41. The first-order valence-electron chi connectivity index (χ1n) is 19.2. The molecular formula is C41H56N2O9. The number of unbranched alkanes of at least 4 members (excludes halogenated alkanes) is 2. The Morgan fingerprint density at radius 1 is 0.865 bits per heavy atom. The van der Waals surface area contributed by atoms with Crippen LogP contribution in [0.5, 0.6) is 0 Å². The molecule has 0 aliphatic heterocycles. The van der Waals surface area contributed by atoms with Gasteiger partial charge >= 0.3 is 11.9 Å². The zero-order chi connectivity index (χ0) is 37.5. The van der Waals surface area contributed by atoms with Crippen LogP contribution in [0.3, 0.4) is 0 Å². The van der Waals surface area contributed by atoms with Crippen LogP contribution >= 0.6 is 0 Å². The summed E-state index contributed by atoms with van der Waals surface area (Å²) in [6, 6.07) is 9.24. The van der Waals surface area contributed by atoms with Gasteiger partial charge in [0.15, 0.2) is 12.4 Å². The maximum atomic E-state index is 13.5.